The fraction of sp³-hybridized carbons (Fsp3) is 0.647. The molecule has 19 heavy (non-hydrogen) atoms. The molecule has 0 amide bonds. The monoisotopic (exact) mass is 260 g/mol. The SMILES string of the molecule is CCC1CNC(C)(CC)CN1Cc1ccccc1C. The summed E-state index contributed by atoms with van der Waals surface area (Å²) in [6.07, 6.45) is 2.41. The number of nitrogens with one attached hydrogen (secondary N) is 1. The highest BCUT2D eigenvalue weighted by Gasteiger charge is 2.33. The highest BCUT2D eigenvalue weighted by molar-refractivity contribution is 5.25. The summed E-state index contributed by atoms with van der Waals surface area (Å²) in [5.74, 6) is 0. The van der Waals surface area contributed by atoms with Gasteiger partial charge in [-0.1, -0.05) is 38.1 Å². The fourth-order valence-electron chi connectivity index (χ4n) is 2.96. The zero-order valence-corrected chi connectivity index (χ0v) is 12.9. The van der Waals surface area contributed by atoms with Crippen molar-refractivity contribution in [2.75, 3.05) is 13.1 Å². The van der Waals surface area contributed by atoms with Gasteiger partial charge < -0.3 is 5.32 Å². The molecular formula is C17H28N2. The van der Waals surface area contributed by atoms with Crippen molar-refractivity contribution in [2.24, 2.45) is 0 Å². The van der Waals surface area contributed by atoms with Gasteiger partial charge in [-0.3, -0.25) is 4.90 Å². The molecule has 0 bridgehead atoms. The van der Waals surface area contributed by atoms with Crippen LogP contribution in [0, 0.1) is 6.92 Å². The minimum Gasteiger partial charge on any atom is -0.309 e. The van der Waals surface area contributed by atoms with Gasteiger partial charge in [0.1, 0.15) is 0 Å². The zero-order valence-electron chi connectivity index (χ0n) is 12.9. The van der Waals surface area contributed by atoms with Crippen molar-refractivity contribution in [1.29, 1.82) is 0 Å². The normalized spacial score (nSPS) is 28.5. The second-order valence-corrected chi connectivity index (χ2v) is 6.19. The van der Waals surface area contributed by atoms with Crippen molar-refractivity contribution >= 4 is 0 Å². The van der Waals surface area contributed by atoms with E-state index in [1.165, 1.54) is 24.0 Å². The minimum atomic E-state index is 0.272. The van der Waals surface area contributed by atoms with E-state index in [2.05, 4.69) is 62.2 Å². The summed E-state index contributed by atoms with van der Waals surface area (Å²) in [7, 11) is 0. The maximum Gasteiger partial charge on any atom is 0.0278 e. The average Bonchev–Trinajstić information content (AvgIpc) is 2.42. The smallest absolute Gasteiger partial charge is 0.0278 e. The van der Waals surface area contributed by atoms with Gasteiger partial charge in [0.2, 0.25) is 0 Å². The summed E-state index contributed by atoms with van der Waals surface area (Å²) in [6.45, 7) is 12.5. The molecular weight excluding hydrogens is 232 g/mol. The predicted octanol–water partition coefficient (Wildman–Crippen LogP) is 3.35. The number of hydrogen-bond acceptors (Lipinski definition) is 2. The second-order valence-electron chi connectivity index (χ2n) is 6.19. The summed E-state index contributed by atoms with van der Waals surface area (Å²) in [5.41, 5.74) is 3.16. The van der Waals surface area contributed by atoms with Crippen LogP contribution in [-0.2, 0) is 6.54 Å². The highest BCUT2D eigenvalue weighted by atomic mass is 15.2. The van der Waals surface area contributed by atoms with E-state index >= 15 is 0 Å². The molecule has 1 aliphatic heterocycles. The Morgan fingerprint density at radius 2 is 2.05 bits per heavy atom. The molecule has 2 nitrogen and oxygen atoms in total. The minimum absolute atomic E-state index is 0.272. The summed E-state index contributed by atoms with van der Waals surface area (Å²) in [6, 6.07) is 9.44. The molecule has 0 spiro atoms. The number of hydrogen-bond donors (Lipinski definition) is 1. The topological polar surface area (TPSA) is 15.3 Å². The van der Waals surface area contributed by atoms with Crippen molar-refractivity contribution in [3.63, 3.8) is 0 Å². The Hall–Kier alpha value is -0.860. The Morgan fingerprint density at radius 1 is 1.32 bits per heavy atom. The number of rotatable bonds is 4. The lowest BCUT2D eigenvalue weighted by molar-refractivity contribution is 0.0753. The first-order valence-corrected chi connectivity index (χ1v) is 7.61. The van der Waals surface area contributed by atoms with Gasteiger partial charge in [0.25, 0.3) is 0 Å². The predicted molar refractivity (Wildman–Crippen MR) is 82.4 cm³/mol. The second kappa shape index (κ2) is 6.06. The first-order valence-electron chi connectivity index (χ1n) is 7.61. The molecule has 1 aromatic carbocycles. The number of benzene rings is 1. The first kappa shape index (κ1) is 14.5. The van der Waals surface area contributed by atoms with Crippen LogP contribution in [0.2, 0.25) is 0 Å². The summed E-state index contributed by atoms with van der Waals surface area (Å²) < 4.78 is 0. The molecule has 1 heterocycles. The van der Waals surface area contributed by atoms with Crippen molar-refractivity contribution in [1.82, 2.24) is 10.2 Å². The van der Waals surface area contributed by atoms with E-state index in [1.807, 2.05) is 0 Å². The van der Waals surface area contributed by atoms with Crippen molar-refractivity contribution in [3.05, 3.63) is 35.4 Å². The van der Waals surface area contributed by atoms with Crippen LogP contribution < -0.4 is 5.32 Å². The van der Waals surface area contributed by atoms with Gasteiger partial charge in [-0.2, -0.15) is 0 Å². The first-order chi connectivity index (χ1) is 9.08. The van der Waals surface area contributed by atoms with Crippen LogP contribution in [0.25, 0.3) is 0 Å². The van der Waals surface area contributed by atoms with Crippen LogP contribution in [0.15, 0.2) is 24.3 Å². The third-order valence-corrected chi connectivity index (χ3v) is 4.72. The molecule has 2 rings (SSSR count). The molecule has 2 unspecified atom stereocenters. The van der Waals surface area contributed by atoms with Gasteiger partial charge >= 0.3 is 0 Å². The van der Waals surface area contributed by atoms with E-state index < -0.39 is 0 Å². The largest absolute Gasteiger partial charge is 0.309 e. The van der Waals surface area contributed by atoms with E-state index in [1.54, 1.807) is 0 Å². The van der Waals surface area contributed by atoms with Crippen molar-refractivity contribution in [2.45, 2.75) is 58.7 Å². The van der Waals surface area contributed by atoms with E-state index in [0.717, 1.165) is 19.6 Å². The molecule has 0 radical (unpaired) electrons. The lowest BCUT2D eigenvalue weighted by atomic mass is 9.92. The third-order valence-electron chi connectivity index (χ3n) is 4.72. The lowest BCUT2D eigenvalue weighted by Gasteiger charge is -2.46. The molecule has 0 aromatic heterocycles. The van der Waals surface area contributed by atoms with Crippen LogP contribution in [0.5, 0.6) is 0 Å². The van der Waals surface area contributed by atoms with Gasteiger partial charge in [0, 0.05) is 31.2 Å². The molecule has 1 N–H and O–H groups in total. The van der Waals surface area contributed by atoms with Crippen LogP contribution in [0.4, 0.5) is 0 Å². The Labute approximate surface area is 118 Å². The summed E-state index contributed by atoms with van der Waals surface area (Å²) in [5, 5.41) is 3.73. The zero-order chi connectivity index (χ0) is 13.9. The van der Waals surface area contributed by atoms with Gasteiger partial charge in [-0.25, -0.2) is 0 Å². The molecule has 1 aliphatic rings. The number of aryl methyl sites for hydroxylation is 1. The maximum absolute atomic E-state index is 3.73. The molecule has 0 saturated carbocycles. The molecule has 2 heteroatoms. The Morgan fingerprint density at radius 3 is 2.68 bits per heavy atom. The molecule has 1 saturated heterocycles. The Kier molecular flexibility index (Phi) is 4.64. The fourth-order valence-corrected chi connectivity index (χ4v) is 2.96. The molecule has 2 atom stereocenters. The molecule has 1 aromatic rings. The number of nitrogens with zero attached hydrogens (tertiary/aromatic N) is 1. The number of piperazine rings is 1. The van der Waals surface area contributed by atoms with Crippen LogP contribution in [0.3, 0.4) is 0 Å². The Bertz CT molecular complexity index is 415. The quantitative estimate of drug-likeness (QED) is 0.893. The molecule has 106 valence electrons. The highest BCUT2D eigenvalue weighted by Crippen LogP contribution is 2.23. The van der Waals surface area contributed by atoms with Gasteiger partial charge in [-0.05, 0) is 37.8 Å². The standard InChI is InChI=1S/C17H28N2/c1-5-16-11-18-17(4,6-2)13-19(16)12-15-10-8-7-9-14(15)3/h7-10,16,18H,5-6,11-13H2,1-4H3. The molecule has 1 fully saturated rings. The van der Waals surface area contributed by atoms with E-state index in [4.69, 9.17) is 0 Å². The van der Waals surface area contributed by atoms with Gasteiger partial charge in [0.15, 0.2) is 0 Å². The summed E-state index contributed by atoms with van der Waals surface area (Å²) in [4.78, 5) is 2.67. The average molecular weight is 260 g/mol. The van der Waals surface area contributed by atoms with E-state index in [-0.39, 0.29) is 5.54 Å². The van der Waals surface area contributed by atoms with E-state index in [9.17, 15) is 0 Å². The van der Waals surface area contributed by atoms with Crippen LogP contribution >= 0.6 is 0 Å². The van der Waals surface area contributed by atoms with Crippen LogP contribution in [-0.4, -0.2) is 29.6 Å². The van der Waals surface area contributed by atoms with E-state index in [0.29, 0.717) is 6.04 Å². The Balaban J connectivity index is 2.13. The lowest BCUT2D eigenvalue weighted by Crippen LogP contribution is -2.62. The molecule has 0 aliphatic carbocycles. The van der Waals surface area contributed by atoms with Crippen LogP contribution in [0.1, 0.15) is 44.7 Å². The van der Waals surface area contributed by atoms with Gasteiger partial charge in [0.05, 0.1) is 0 Å². The van der Waals surface area contributed by atoms with Gasteiger partial charge in [-0.15, -0.1) is 0 Å². The third kappa shape index (κ3) is 3.37. The summed E-state index contributed by atoms with van der Waals surface area (Å²) >= 11 is 0. The van der Waals surface area contributed by atoms with Crippen molar-refractivity contribution in [3.8, 4) is 0 Å². The maximum atomic E-state index is 3.73. The van der Waals surface area contributed by atoms with Crippen molar-refractivity contribution < 1.29 is 0 Å².